The number of hydrogen-bond donors (Lipinski definition) is 3. The van der Waals surface area contributed by atoms with Crippen molar-refractivity contribution < 1.29 is 23.8 Å². The largest absolute Gasteiger partial charge is 0.505 e. The van der Waals surface area contributed by atoms with Crippen LogP contribution in [-0.4, -0.2) is 57.4 Å². The molecule has 4 heterocycles. The van der Waals surface area contributed by atoms with Gasteiger partial charge >= 0.3 is 0 Å². The molecular formula is C21H20FN3O4S. The molecule has 7 nitrogen and oxygen atoms in total. The molecule has 0 aliphatic carbocycles. The quantitative estimate of drug-likeness (QED) is 0.636. The predicted octanol–water partition coefficient (Wildman–Crippen LogP) is 1.61. The predicted molar refractivity (Wildman–Crippen MR) is 109 cm³/mol. The first-order chi connectivity index (χ1) is 14.4. The van der Waals surface area contributed by atoms with Crippen LogP contribution >= 0.6 is 12.6 Å². The van der Waals surface area contributed by atoms with Gasteiger partial charge in [0, 0.05) is 35.2 Å². The number of piperazine rings is 1. The number of ether oxygens (including phenoxy) is 1. The van der Waals surface area contributed by atoms with Crippen molar-refractivity contribution in [3.8, 4) is 0 Å². The van der Waals surface area contributed by atoms with Gasteiger partial charge in [-0.05, 0) is 12.5 Å². The van der Waals surface area contributed by atoms with Crippen LogP contribution in [0, 0.1) is 5.82 Å². The molecule has 5 rings (SSSR count). The third-order valence-electron chi connectivity index (χ3n) is 6.03. The second-order valence-corrected chi connectivity index (χ2v) is 8.28. The highest BCUT2D eigenvalue weighted by atomic mass is 32.1. The number of carbonyl (C=O) groups is 2. The number of amides is 2. The Morgan fingerprint density at radius 1 is 1.40 bits per heavy atom. The van der Waals surface area contributed by atoms with Crippen LogP contribution < -0.4 is 5.32 Å². The van der Waals surface area contributed by atoms with Crippen LogP contribution in [0.5, 0.6) is 0 Å². The van der Waals surface area contributed by atoms with Crippen molar-refractivity contribution in [1.82, 2.24) is 15.1 Å². The van der Waals surface area contributed by atoms with Gasteiger partial charge in [0.25, 0.3) is 11.8 Å². The van der Waals surface area contributed by atoms with E-state index in [1.54, 1.807) is 28.0 Å². The topological polar surface area (TPSA) is 82.1 Å². The fourth-order valence-corrected chi connectivity index (χ4v) is 5.13. The highest BCUT2D eigenvalue weighted by Gasteiger charge is 2.56. The Kier molecular flexibility index (Phi) is 4.41. The summed E-state index contributed by atoms with van der Waals surface area (Å²) < 4.78 is 19.7. The van der Waals surface area contributed by atoms with Crippen LogP contribution in [0.3, 0.4) is 0 Å². The summed E-state index contributed by atoms with van der Waals surface area (Å²) in [5.74, 6) is -1.60. The third kappa shape index (κ3) is 2.61. The minimum atomic E-state index is -0.509. The van der Waals surface area contributed by atoms with Gasteiger partial charge in [-0.2, -0.15) is 12.6 Å². The molecule has 0 aromatic heterocycles. The number of allylic oxidation sites excluding steroid dienone is 1. The summed E-state index contributed by atoms with van der Waals surface area (Å²) in [7, 11) is 0. The van der Waals surface area contributed by atoms with E-state index in [1.165, 1.54) is 6.07 Å². The van der Waals surface area contributed by atoms with Crippen LogP contribution in [-0.2, 0) is 20.9 Å². The van der Waals surface area contributed by atoms with E-state index < -0.39 is 18.0 Å². The molecule has 156 valence electrons. The van der Waals surface area contributed by atoms with Crippen molar-refractivity contribution in [3.05, 3.63) is 70.5 Å². The molecule has 0 spiro atoms. The van der Waals surface area contributed by atoms with Gasteiger partial charge in [0.05, 0.1) is 18.2 Å². The highest BCUT2D eigenvalue weighted by molar-refractivity contribution is 7.81. The first kappa shape index (κ1) is 19.2. The Bertz CT molecular complexity index is 1050. The number of nitrogens with one attached hydrogen (secondary N) is 1. The molecule has 1 aromatic rings. The van der Waals surface area contributed by atoms with E-state index in [1.807, 2.05) is 0 Å². The average Bonchev–Trinajstić information content (AvgIpc) is 3.33. The second-order valence-electron chi connectivity index (χ2n) is 7.66. The molecule has 1 aromatic carbocycles. The molecular weight excluding hydrogens is 409 g/mol. The van der Waals surface area contributed by atoms with Gasteiger partial charge in [-0.3, -0.25) is 9.59 Å². The van der Waals surface area contributed by atoms with Crippen molar-refractivity contribution in [2.24, 2.45) is 0 Å². The fourth-order valence-electron chi connectivity index (χ4n) is 4.66. The van der Waals surface area contributed by atoms with E-state index in [9.17, 15) is 19.1 Å². The van der Waals surface area contributed by atoms with E-state index in [0.29, 0.717) is 30.8 Å². The number of rotatable bonds is 3. The van der Waals surface area contributed by atoms with Gasteiger partial charge in [0.2, 0.25) is 0 Å². The number of benzene rings is 1. The Labute approximate surface area is 177 Å². The van der Waals surface area contributed by atoms with E-state index in [0.717, 1.165) is 0 Å². The zero-order valence-corrected chi connectivity index (χ0v) is 16.9. The minimum Gasteiger partial charge on any atom is -0.505 e. The molecule has 3 unspecified atom stereocenters. The van der Waals surface area contributed by atoms with Crippen LogP contribution in [0.15, 0.2) is 59.1 Å². The highest BCUT2D eigenvalue weighted by Crippen LogP contribution is 2.49. The van der Waals surface area contributed by atoms with Crippen molar-refractivity contribution in [2.45, 2.75) is 30.5 Å². The summed E-state index contributed by atoms with van der Waals surface area (Å²) in [6.45, 7) is 4.71. The summed E-state index contributed by atoms with van der Waals surface area (Å²) in [6.07, 6.45) is 0.0939. The van der Waals surface area contributed by atoms with Gasteiger partial charge in [-0.25, -0.2) is 4.39 Å². The molecule has 3 atom stereocenters. The zero-order chi connectivity index (χ0) is 21.2. The maximum Gasteiger partial charge on any atom is 0.276 e. The Hall–Kier alpha value is -2.78. The Morgan fingerprint density at radius 2 is 2.17 bits per heavy atom. The number of thiol groups is 1. The zero-order valence-electron chi connectivity index (χ0n) is 16.0. The number of hydrogen-bond acceptors (Lipinski definition) is 6. The third-order valence-corrected chi connectivity index (χ3v) is 6.48. The lowest BCUT2D eigenvalue weighted by atomic mass is 9.94. The molecule has 4 aliphatic heterocycles. The maximum absolute atomic E-state index is 13.9. The smallest absolute Gasteiger partial charge is 0.276 e. The molecule has 0 bridgehead atoms. The summed E-state index contributed by atoms with van der Waals surface area (Å²) in [5, 5.41) is 13.2. The summed E-state index contributed by atoms with van der Waals surface area (Å²) >= 11 is 4.66. The van der Waals surface area contributed by atoms with Crippen LogP contribution in [0.1, 0.15) is 12.0 Å². The second kappa shape index (κ2) is 6.88. The molecule has 2 amide bonds. The Morgan fingerprint density at radius 3 is 2.93 bits per heavy atom. The SMILES string of the molecule is C=C1C(O)=C2C(=O)N3CCOC3C3CC(S)C(=C1C(=O)NCc1ccccc1F)N23. The fraction of sp³-hybridized carbons (Fsp3) is 0.333. The molecule has 9 heteroatoms. The van der Waals surface area contributed by atoms with E-state index in [4.69, 9.17) is 4.74 Å². The lowest BCUT2D eigenvalue weighted by molar-refractivity contribution is -0.143. The number of aliphatic hydroxyl groups is 1. The molecule has 0 radical (unpaired) electrons. The standard InChI is InChI=1S/C21H20FN3O4S/c1-10-15(19(27)23-9-11-4-2-3-5-12(11)22)16-14(30)8-13-21-24(6-7-29-21)20(28)17(18(10)26)25(13)16/h2-5,13-14,21,26,30H,1,6-9H2,(H,23,27). The number of carbonyl (C=O) groups excluding carboxylic acids is 2. The van der Waals surface area contributed by atoms with Crippen molar-refractivity contribution in [2.75, 3.05) is 13.2 Å². The van der Waals surface area contributed by atoms with Crippen LogP contribution in [0.4, 0.5) is 4.39 Å². The van der Waals surface area contributed by atoms with Gasteiger partial charge in [0.15, 0.2) is 17.7 Å². The first-order valence-electron chi connectivity index (χ1n) is 9.68. The first-order valence-corrected chi connectivity index (χ1v) is 10.2. The van der Waals surface area contributed by atoms with Crippen LogP contribution in [0.2, 0.25) is 0 Å². The minimum absolute atomic E-state index is 0.0218. The van der Waals surface area contributed by atoms with E-state index in [2.05, 4.69) is 24.5 Å². The number of nitrogens with zero attached hydrogens (tertiary/aromatic N) is 2. The van der Waals surface area contributed by atoms with Gasteiger partial charge < -0.3 is 25.0 Å². The van der Waals surface area contributed by atoms with E-state index >= 15 is 0 Å². The van der Waals surface area contributed by atoms with Crippen molar-refractivity contribution in [3.63, 3.8) is 0 Å². The lowest BCUT2D eigenvalue weighted by Crippen LogP contribution is -2.57. The summed E-state index contributed by atoms with van der Waals surface area (Å²) in [4.78, 5) is 29.4. The summed E-state index contributed by atoms with van der Waals surface area (Å²) in [5.41, 5.74) is 1.20. The van der Waals surface area contributed by atoms with Crippen molar-refractivity contribution >= 4 is 24.4 Å². The summed E-state index contributed by atoms with van der Waals surface area (Å²) in [6, 6.07) is 5.92. The number of halogens is 1. The molecule has 3 fully saturated rings. The molecule has 0 saturated carbocycles. The lowest BCUT2D eigenvalue weighted by Gasteiger charge is -2.44. The van der Waals surface area contributed by atoms with Crippen LogP contribution in [0.25, 0.3) is 0 Å². The van der Waals surface area contributed by atoms with E-state index in [-0.39, 0.29) is 46.3 Å². The average molecular weight is 429 g/mol. The molecule has 3 saturated heterocycles. The molecule has 2 N–H and O–H groups in total. The van der Waals surface area contributed by atoms with Gasteiger partial charge in [-0.1, -0.05) is 24.8 Å². The van der Waals surface area contributed by atoms with Crippen molar-refractivity contribution in [1.29, 1.82) is 0 Å². The van der Waals surface area contributed by atoms with Gasteiger partial charge in [0.1, 0.15) is 5.82 Å². The molecule has 4 aliphatic rings. The monoisotopic (exact) mass is 429 g/mol. The maximum atomic E-state index is 13.9. The number of aliphatic hydroxyl groups excluding tert-OH is 1. The van der Waals surface area contributed by atoms with Gasteiger partial charge in [-0.15, -0.1) is 0 Å². The number of fused-ring (bicyclic) bond motifs is 2. The molecule has 30 heavy (non-hydrogen) atoms. The Balaban J connectivity index is 1.52. The normalized spacial score (nSPS) is 27.6.